The van der Waals surface area contributed by atoms with Gasteiger partial charge in [-0.05, 0) is 72.7 Å². The molecule has 1 atom stereocenters. The number of rotatable bonds is 5. The van der Waals surface area contributed by atoms with E-state index in [1.807, 2.05) is 0 Å². The van der Waals surface area contributed by atoms with Gasteiger partial charge in [0.25, 0.3) is 11.8 Å². The van der Waals surface area contributed by atoms with E-state index < -0.39 is 87.4 Å². The third-order valence-electron chi connectivity index (χ3n) is 7.58. The van der Waals surface area contributed by atoms with E-state index in [0.29, 0.717) is 30.9 Å². The lowest BCUT2D eigenvalue weighted by molar-refractivity contribution is -0.160. The van der Waals surface area contributed by atoms with Crippen molar-refractivity contribution in [1.82, 2.24) is 20.0 Å². The fourth-order valence-corrected chi connectivity index (χ4v) is 5.70. The van der Waals surface area contributed by atoms with E-state index in [0.717, 1.165) is 11.1 Å². The smallest absolute Gasteiger partial charge is 0.433 e. The third-order valence-corrected chi connectivity index (χ3v) is 8.41. The lowest BCUT2D eigenvalue weighted by Gasteiger charge is -2.46. The lowest BCUT2D eigenvalue weighted by Crippen LogP contribution is -2.60. The lowest BCUT2D eigenvalue weighted by atomic mass is 9.90. The van der Waals surface area contributed by atoms with Crippen LogP contribution in [0.2, 0.25) is 0 Å². The molecule has 17 heteroatoms. The number of alkyl halides is 6. The van der Waals surface area contributed by atoms with Crippen LogP contribution in [0, 0.1) is 15.2 Å². The fourth-order valence-electron chi connectivity index (χ4n) is 5.28. The first-order valence-electron chi connectivity index (χ1n) is 13.0. The summed E-state index contributed by atoms with van der Waals surface area (Å²) in [4.78, 5) is 34.1. The van der Waals surface area contributed by atoms with Gasteiger partial charge in [0.2, 0.25) is 0 Å². The van der Waals surface area contributed by atoms with Crippen LogP contribution in [0.25, 0.3) is 11.3 Å². The minimum Gasteiger partial charge on any atom is -0.509 e. The monoisotopic (exact) mass is 753 g/mol. The summed E-state index contributed by atoms with van der Waals surface area (Å²) >= 11 is 1.59. The average molecular weight is 753 g/mol. The predicted octanol–water partition coefficient (Wildman–Crippen LogP) is 6.63. The molecule has 3 aromatic rings. The standard InChI is InChI=1S/C28H20F8IN5O3/c1-26-7-2-8-42(26)41(11-13-3-5-16(37)22(30)21(13)29)25(45)20(23(26)43)24(44)40-17-6-4-14(27(31,32)33)9-15(17)18-10-19(28(34,35)36)39-12-38-18/h3-6,9-10,12,43H,2,7-8,11H2,1H3,(H,40,44)/t26-/m1/s1. The molecule has 8 nitrogen and oxygen atoms in total. The van der Waals surface area contributed by atoms with Gasteiger partial charge in [-0.15, -0.1) is 0 Å². The number of aliphatic hydroxyl groups is 1. The molecular formula is C28H20F8IN5O3. The van der Waals surface area contributed by atoms with Crippen molar-refractivity contribution in [2.45, 2.75) is 44.2 Å². The Morgan fingerprint density at radius 1 is 1.04 bits per heavy atom. The Bertz CT molecular complexity index is 1750. The van der Waals surface area contributed by atoms with Gasteiger partial charge in [0.05, 0.1) is 32.6 Å². The van der Waals surface area contributed by atoms with Crippen LogP contribution in [0.15, 0.2) is 54.1 Å². The summed E-state index contributed by atoms with van der Waals surface area (Å²) in [6.45, 7) is 1.18. The summed E-state index contributed by atoms with van der Waals surface area (Å²) in [5.41, 5.74) is -6.84. The average Bonchev–Trinajstić information content (AvgIpc) is 3.37. The zero-order valence-corrected chi connectivity index (χ0v) is 25.0. The molecule has 2 aliphatic heterocycles. The Morgan fingerprint density at radius 3 is 2.42 bits per heavy atom. The molecule has 2 N–H and O–H groups in total. The van der Waals surface area contributed by atoms with Crippen molar-refractivity contribution in [2.75, 3.05) is 11.9 Å². The number of benzene rings is 2. The van der Waals surface area contributed by atoms with E-state index in [2.05, 4.69) is 15.3 Å². The van der Waals surface area contributed by atoms with Crippen molar-refractivity contribution < 1.29 is 49.8 Å². The predicted molar refractivity (Wildman–Crippen MR) is 150 cm³/mol. The minimum absolute atomic E-state index is 0.0131. The molecule has 0 unspecified atom stereocenters. The highest BCUT2D eigenvalue weighted by molar-refractivity contribution is 14.1. The number of carbonyl (C=O) groups excluding carboxylic acids is 2. The van der Waals surface area contributed by atoms with Gasteiger partial charge in [-0.1, -0.05) is 6.07 Å². The first-order chi connectivity index (χ1) is 20.9. The molecule has 5 rings (SSSR count). The molecule has 45 heavy (non-hydrogen) atoms. The molecule has 2 aromatic carbocycles. The van der Waals surface area contributed by atoms with Crippen molar-refractivity contribution in [1.29, 1.82) is 0 Å². The molecule has 0 bridgehead atoms. The maximum Gasteiger partial charge on any atom is 0.433 e. The van der Waals surface area contributed by atoms with Crippen LogP contribution in [0.3, 0.4) is 0 Å². The van der Waals surface area contributed by atoms with Crippen molar-refractivity contribution in [2.24, 2.45) is 0 Å². The van der Waals surface area contributed by atoms with Gasteiger partial charge in [0, 0.05) is 17.7 Å². The van der Waals surface area contributed by atoms with E-state index in [1.54, 1.807) is 22.6 Å². The normalized spacial score (nSPS) is 19.2. The molecule has 1 aromatic heterocycles. The highest BCUT2D eigenvalue weighted by Crippen LogP contribution is 2.43. The molecule has 1 saturated heterocycles. The van der Waals surface area contributed by atoms with Gasteiger partial charge in [-0.2, -0.15) is 26.3 Å². The van der Waals surface area contributed by atoms with Crippen LogP contribution in [-0.4, -0.2) is 49.0 Å². The number of amides is 2. The van der Waals surface area contributed by atoms with E-state index in [9.17, 15) is 49.8 Å². The van der Waals surface area contributed by atoms with Crippen molar-refractivity contribution >= 4 is 40.1 Å². The summed E-state index contributed by atoms with van der Waals surface area (Å²) in [6.07, 6.45) is -8.75. The molecule has 238 valence electrons. The summed E-state index contributed by atoms with van der Waals surface area (Å²) < 4.78 is 110. The summed E-state index contributed by atoms with van der Waals surface area (Å²) in [5, 5.41) is 15.8. The second-order valence-electron chi connectivity index (χ2n) is 10.4. The number of aliphatic hydroxyl groups excluding tert-OH is 1. The highest BCUT2D eigenvalue weighted by atomic mass is 127. The number of aromatic nitrogens is 2. The van der Waals surface area contributed by atoms with E-state index >= 15 is 0 Å². The summed E-state index contributed by atoms with van der Waals surface area (Å²) in [7, 11) is 0. The second-order valence-corrected chi connectivity index (χ2v) is 11.6. The zero-order valence-electron chi connectivity index (χ0n) is 22.8. The topological polar surface area (TPSA) is 98.7 Å². The highest BCUT2D eigenvalue weighted by Gasteiger charge is 2.53. The maximum absolute atomic E-state index is 14.8. The van der Waals surface area contributed by atoms with Crippen LogP contribution in [-0.2, 0) is 28.5 Å². The SMILES string of the molecule is C[C@]12CCCN1N(Cc1ccc(I)c(F)c1F)C(=O)C(C(=O)Nc1ccc(C(F)(F)F)cc1-c1cc(C(F)(F)F)ncn1)=C2O. The van der Waals surface area contributed by atoms with Gasteiger partial charge in [0.1, 0.15) is 23.4 Å². The molecule has 0 saturated carbocycles. The Morgan fingerprint density at radius 2 is 1.76 bits per heavy atom. The first-order valence-corrected chi connectivity index (χ1v) is 14.1. The van der Waals surface area contributed by atoms with Gasteiger partial charge >= 0.3 is 12.4 Å². The quantitative estimate of drug-likeness (QED) is 0.132. The number of hydrogen-bond acceptors (Lipinski definition) is 6. The third kappa shape index (κ3) is 5.94. The number of halogens is 9. The number of hydrazine groups is 1. The number of nitrogens with one attached hydrogen (secondary N) is 1. The van der Waals surface area contributed by atoms with Crippen molar-refractivity contribution in [3.8, 4) is 11.3 Å². The summed E-state index contributed by atoms with van der Waals surface area (Å²) in [6, 6.07) is 4.72. The van der Waals surface area contributed by atoms with Crippen LogP contribution in [0.5, 0.6) is 0 Å². The number of fused-ring (bicyclic) bond motifs is 1. The number of hydrogen-bond donors (Lipinski definition) is 2. The van der Waals surface area contributed by atoms with Crippen LogP contribution < -0.4 is 5.32 Å². The summed E-state index contributed by atoms with van der Waals surface area (Å²) in [5.74, 6) is -5.49. The minimum atomic E-state index is -4.97. The zero-order chi connectivity index (χ0) is 33.1. The number of carbonyl (C=O) groups is 2. The Hall–Kier alpha value is -3.87. The number of anilines is 1. The molecule has 0 radical (unpaired) electrons. The van der Waals surface area contributed by atoms with Gasteiger partial charge in [0.15, 0.2) is 11.6 Å². The molecular weight excluding hydrogens is 733 g/mol. The van der Waals surface area contributed by atoms with Crippen LogP contribution in [0.1, 0.15) is 36.6 Å². The first kappa shape index (κ1) is 32.5. The van der Waals surface area contributed by atoms with Crippen LogP contribution in [0.4, 0.5) is 40.8 Å². The van der Waals surface area contributed by atoms with Crippen molar-refractivity contribution in [3.63, 3.8) is 0 Å². The Kier molecular flexibility index (Phi) is 8.30. The molecule has 2 amide bonds. The van der Waals surface area contributed by atoms with E-state index in [-0.39, 0.29) is 22.1 Å². The van der Waals surface area contributed by atoms with Gasteiger partial charge in [-0.25, -0.2) is 23.8 Å². The van der Waals surface area contributed by atoms with Crippen molar-refractivity contribution in [3.05, 3.63) is 86.1 Å². The number of nitrogens with zero attached hydrogens (tertiary/aromatic N) is 4. The van der Waals surface area contributed by atoms with Gasteiger partial charge in [-0.3, -0.25) is 14.6 Å². The maximum atomic E-state index is 14.8. The largest absolute Gasteiger partial charge is 0.509 e. The fraction of sp³-hybridized carbons (Fsp3) is 0.286. The van der Waals surface area contributed by atoms with Gasteiger partial charge < -0.3 is 10.4 Å². The van der Waals surface area contributed by atoms with E-state index in [4.69, 9.17) is 0 Å². The molecule has 2 aliphatic rings. The molecule has 0 aliphatic carbocycles. The van der Waals surface area contributed by atoms with Crippen LogP contribution >= 0.6 is 22.6 Å². The van der Waals surface area contributed by atoms with E-state index in [1.165, 1.54) is 24.1 Å². The molecule has 1 fully saturated rings. The molecule has 0 spiro atoms. The Balaban J connectivity index is 1.56. The Labute approximate surface area is 262 Å². The molecule has 3 heterocycles. The second kappa shape index (κ2) is 11.5.